The van der Waals surface area contributed by atoms with Gasteiger partial charge in [0.25, 0.3) is 5.92 Å². The Morgan fingerprint density at radius 2 is 1.83 bits per heavy atom. The molecule has 2 aliphatic rings. The van der Waals surface area contributed by atoms with Gasteiger partial charge in [-0.1, -0.05) is 13.0 Å². The fourth-order valence-corrected chi connectivity index (χ4v) is 6.87. The molecule has 12 heteroatoms. The zero-order valence-corrected chi connectivity index (χ0v) is 26.1. The highest BCUT2D eigenvalue weighted by Crippen LogP contribution is 2.60. The molecule has 3 atom stereocenters. The van der Waals surface area contributed by atoms with Gasteiger partial charge in [-0.05, 0) is 86.4 Å². The molecule has 4 aromatic rings. The third kappa shape index (κ3) is 5.75. The van der Waals surface area contributed by atoms with Crippen molar-refractivity contribution in [2.75, 3.05) is 40.5 Å². The van der Waals surface area contributed by atoms with Crippen molar-refractivity contribution in [2.24, 2.45) is 5.41 Å². The number of alkyl halides is 2. The maximum atomic E-state index is 16.8. The van der Waals surface area contributed by atoms with Crippen LogP contribution in [0.1, 0.15) is 50.3 Å². The Bertz CT molecular complexity index is 1830. The predicted molar refractivity (Wildman–Crippen MR) is 163 cm³/mol. The molecule has 3 aromatic carbocycles. The molecule has 0 bridgehead atoms. The number of hydrogen-bond acceptors (Lipinski definition) is 7. The highest BCUT2D eigenvalue weighted by molar-refractivity contribution is 6.02. The monoisotopic (exact) mass is 645 g/mol. The number of phenolic OH excluding ortho intramolecular Hbond substituents is 1. The fraction of sp³-hybridized carbons (Fsp3) is 0.471. The predicted octanol–water partition coefficient (Wildman–Crippen LogP) is 6.75. The van der Waals surface area contributed by atoms with Crippen LogP contribution in [0.2, 0.25) is 0 Å². The molecule has 46 heavy (non-hydrogen) atoms. The number of ether oxygens (including phenoxy) is 2. The number of fused-ring (bicyclic) bond motifs is 2. The molecule has 3 unspecified atom stereocenters. The number of benzene rings is 3. The van der Waals surface area contributed by atoms with Crippen molar-refractivity contribution in [2.45, 2.75) is 57.0 Å². The summed E-state index contributed by atoms with van der Waals surface area (Å²) >= 11 is 0. The summed E-state index contributed by atoms with van der Waals surface area (Å²) in [5.41, 5.74) is -3.31. The molecule has 0 spiro atoms. The normalized spacial score (nSPS) is 24.5. The summed E-state index contributed by atoms with van der Waals surface area (Å²) in [5, 5.41) is 22.0. The summed E-state index contributed by atoms with van der Waals surface area (Å²) in [4.78, 5) is 10.4. The molecule has 7 nitrogen and oxygen atoms in total. The fourth-order valence-electron chi connectivity index (χ4n) is 6.87. The van der Waals surface area contributed by atoms with Gasteiger partial charge in [-0.25, -0.2) is 22.0 Å². The highest BCUT2D eigenvalue weighted by Gasteiger charge is 2.71. The molecular formula is C34H36F5N3O4. The number of nitrogens with zero attached hydrogens (tertiary/aromatic N) is 3. The second-order valence-electron chi connectivity index (χ2n) is 13.2. The van der Waals surface area contributed by atoms with E-state index in [0.717, 1.165) is 6.07 Å². The largest absolute Gasteiger partial charge is 0.508 e. The molecule has 1 aliphatic carbocycles. The standard InChI is InChI=1S/C34H36F5N3O4/c1-5-21-24(35)7-6-18-10-20(43)11-22(26(18)21)27-25(36)12-23-29(19-8-9-45-16-32(2,44)13-19)40-31(41-30(23)28(27)37)46-17-33(15-42(3)4)14-34(33,38)39/h6-7,10-12,19,43-44H,5,8-9,13-17H2,1-4H3. The molecule has 1 saturated heterocycles. The van der Waals surface area contributed by atoms with E-state index in [1.807, 2.05) is 0 Å². The quantitative estimate of drug-likeness (QED) is 0.205. The number of rotatable bonds is 8. The minimum atomic E-state index is -2.97. The van der Waals surface area contributed by atoms with Crippen LogP contribution >= 0.6 is 0 Å². The first-order valence-corrected chi connectivity index (χ1v) is 15.2. The molecule has 1 aliphatic heterocycles. The van der Waals surface area contributed by atoms with E-state index >= 15 is 8.78 Å². The van der Waals surface area contributed by atoms with Gasteiger partial charge in [-0.15, -0.1) is 0 Å². The van der Waals surface area contributed by atoms with Gasteiger partial charge in [0.1, 0.15) is 29.5 Å². The van der Waals surface area contributed by atoms with E-state index in [4.69, 9.17) is 9.47 Å². The first kappa shape index (κ1) is 32.3. The Balaban J connectivity index is 1.56. The number of aryl methyl sites for hydroxylation is 1. The number of halogens is 5. The molecule has 6 rings (SSSR count). The molecule has 0 amide bonds. The minimum Gasteiger partial charge on any atom is -0.508 e. The zero-order chi connectivity index (χ0) is 33.2. The summed E-state index contributed by atoms with van der Waals surface area (Å²) in [6, 6.07) is 5.93. The van der Waals surface area contributed by atoms with Gasteiger partial charge >= 0.3 is 6.01 Å². The van der Waals surface area contributed by atoms with Crippen molar-refractivity contribution in [1.82, 2.24) is 14.9 Å². The topological polar surface area (TPSA) is 87.9 Å². The first-order valence-electron chi connectivity index (χ1n) is 15.2. The van der Waals surface area contributed by atoms with Crippen molar-refractivity contribution in [3.63, 3.8) is 0 Å². The Labute approximate surface area is 263 Å². The van der Waals surface area contributed by atoms with Gasteiger partial charge in [0.05, 0.1) is 28.9 Å². The number of aromatic hydroxyl groups is 1. The minimum absolute atomic E-state index is 0.0138. The van der Waals surface area contributed by atoms with Gasteiger partial charge in [0.2, 0.25) is 0 Å². The molecule has 0 radical (unpaired) electrons. The van der Waals surface area contributed by atoms with Crippen LogP contribution in [0.5, 0.6) is 11.8 Å². The summed E-state index contributed by atoms with van der Waals surface area (Å²) in [6.07, 6.45) is 0.311. The lowest BCUT2D eigenvalue weighted by Crippen LogP contribution is -2.32. The van der Waals surface area contributed by atoms with Gasteiger partial charge in [-0.2, -0.15) is 9.97 Å². The molecule has 1 saturated carbocycles. The maximum absolute atomic E-state index is 16.8. The maximum Gasteiger partial charge on any atom is 0.317 e. The summed E-state index contributed by atoms with van der Waals surface area (Å²) in [7, 11) is 3.35. The first-order chi connectivity index (χ1) is 21.6. The molecule has 246 valence electrons. The smallest absolute Gasteiger partial charge is 0.317 e. The Morgan fingerprint density at radius 1 is 1.09 bits per heavy atom. The lowest BCUT2D eigenvalue weighted by molar-refractivity contribution is -0.0241. The summed E-state index contributed by atoms with van der Waals surface area (Å²) in [6.45, 7) is 3.18. The van der Waals surface area contributed by atoms with E-state index in [2.05, 4.69) is 9.97 Å². The van der Waals surface area contributed by atoms with Crippen LogP contribution < -0.4 is 4.74 Å². The highest BCUT2D eigenvalue weighted by atomic mass is 19.3. The van der Waals surface area contributed by atoms with Crippen molar-refractivity contribution in [3.05, 3.63) is 59.0 Å². The van der Waals surface area contributed by atoms with E-state index < -0.39 is 58.9 Å². The Kier molecular flexibility index (Phi) is 8.13. The second kappa shape index (κ2) is 11.6. The van der Waals surface area contributed by atoms with Crippen molar-refractivity contribution < 1.29 is 41.6 Å². The third-order valence-electron chi connectivity index (χ3n) is 9.07. The van der Waals surface area contributed by atoms with Crippen LogP contribution in [0.3, 0.4) is 0 Å². The lowest BCUT2D eigenvalue weighted by Gasteiger charge is -2.25. The molecular weight excluding hydrogens is 609 g/mol. The molecule has 2 heterocycles. The van der Waals surface area contributed by atoms with E-state index in [1.165, 1.54) is 24.3 Å². The lowest BCUT2D eigenvalue weighted by atomic mass is 9.86. The van der Waals surface area contributed by atoms with Crippen LogP contribution in [0, 0.1) is 22.9 Å². The number of aliphatic hydroxyl groups is 1. The average Bonchev–Trinajstić information content (AvgIpc) is 3.57. The number of hydrogen-bond donors (Lipinski definition) is 2. The number of aromatic nitrogens is 2. The van der Waals surface area contributed by atoms with Crippen LogP contribution in [-0.4, -0.2) is 77.1 Å². The van der Waals surface area contributed by atoms with Crippen LogP contribution in [0.15, 0.2) is 30.3 Å². The Hall–Kier alpha value is -3.61. The summed E-state index contributed by atoms with van der Waals surface area (Å²) < 4.78 is 88.3. The van der Waals surface area contributed by atoms with Crippen LogP contribution in [0.25, 0.3) is 32.8 Å². The van der Waals surface area contributed by atoms with Crippen molar-refractivity contribution in [3.8, 4) is 22.9 Å². The molecule has 2 fully saturated rings. The van der Waals surface area contributed by atoms with Crippen molar-refractivity contribution in [1.29, 1.82) is 0 Å². The Morgan fingerprint density at radius 3 is 2.50 bits per heavy atom. The van der Waals surface area contributed by atoms with Gasteiger partial charge in [0, 0.05) is 30.9 Å². The third-order valence-corrected chi connectivity index (χ3v) is 9.07. The number of phenols is 1. The second-order valence-corrected chi connectivity index (χ2v) is 13.2. The molecule has 1 aromatic heterocycles. The van der Waals surface area contributed by atoms with E-state index in [-0.39, 0.29) is 77.5 Å². The van der Waals surface area contributed by atoms with Crippen molar-refractivity contribution >= 4 is 21.7 Å². The van der Waals surface area contributed by atoms with E-state index in [0.29, 0.717) is 11.8 Å². The molecule has 2 N–H and O–H groups in total. The summed E-state index contributed by atoms with van der Waals surface area (Å²) in [5.74, 6) is -6.47. The van der Waals surface area contributed by atoms with Gasteiger partial charge in [-0.3, -0.25) is 0 Å². The average molecular weight is 646 g/mol. The van der Waals surface area contributed by atoms with Gasteiger partial charge < -0.3 is 24.6 Å². The van der Waals surface area contributed by atoms with Crippen LogP contribution in [0.4, 0.5) is 22.0 Å². The van der Waals surface area contributed by atoms with E-state index in [9.17, 15) is 23.4 Å². The van der Waals surface area contributed by atoms with E-state index in [1.54, 1.807) is 32.8 Å². The van der Waals surface area contributed by atoms with Crippen LogP contribution in [-0.2, 0) is 11.2 Å². The van der Waals surface area contributed by atoms with Gasteiger partial charge in [0.15, 0.2) is 5.82 Å². The SMILES string of the molecule is CCc1c(F)ccc2cc(O)cc(-c3c(F)cc4c(C5CCOCC(C)(O)C5)nc(OCC5(CN(C)C)CC5(F)F)nc4c3F)c12. The zero-order valence-electron chi connectivity index (χ0n) is 26.1.